The van der Waals surface area contributed by atoms with E-state index in [1.165, 1.54) is 24.8 Å². The summed E-state index contributed by atoms with van der Waals surface area (Å²) in [5, 5.41) is 19.2. The van der Waals surface area contributed by atoms with E-state index in [1.807, 2.05) is 25.1 Å². The molecule has 2 nitrogen and oxygen atoms in total. The fourth-order valence-electron chi connectivity index (χ4n) is 2.71. The third-order valence-electron chi connectivity index (χ3n) is 3.92. The van der Waals surface area contributed by atoms with Crippen LogP contribution in [0.15, 0.2) is 42.5 Å². The van der Waals surface area contributed by atoms with Crippen molar-refractivity contribution in [2.75, 3.05) is 0 Å². The van der Waals surface area contributed by atoms with Crippen molar-refractivity contribution in [1.29, 1.82) is 0 Å². The molecule has 0 saturated carbocycles. The van der Waals surface area contributed by atoms with Crippen LogP contribution in [0.1, 0.15) is 37.3 Å². The number of benzene rings is 2. The first kappa shape index (κ1) is 15.8. The zero-order valence-corrected chi connectivity index (χ0v) is 12.8. The molecule has 0 radical (unpaired) electrons. The van der Waals surface area contributed by atoms with Crippen LogP contribution in [0.5, 0.6) is 0 Å². The van der Waals surface area contributed by atoms with Gasteiger partial charge in [0, 0.05) is 0 Å². The van der Waals surface area contributed by atoms with Crippen LogP contribution in [0.4, 0.5) is 0 Å². The number of unbranched alkanes of at least 4 members (excludes halogenated alkanes) is 2. The average molecular weight is 282 g/mol. The molecule has 0 aliphatic heterocycles. The van der Waals surface area contributed by atoms with Crippen LogP contribution in [0.25, 0.3) is 11.1 Å². The molecular formula is C18H23BO2. The number of hydrogen-bond acceptors (Lipinski definition) is 2. The molecule has 0 aliphatic carbocycles. The maximum absolute atomic E-state index is 9.60. The molecule has 0 unspecified atom stereocenters. The number of aryl methyl sites for hydroxylation is 2. The van der Waals surface area contributed by atoms with Gasteiger partial charge in [0.05, 0.1) is 0 Å². The molecule has 0 atom stereocenters. The lowest BCUT2D eigenvalue weighted by molar-refractivity contribution is 0.425. The van der Waals surface area contributed by atoms with E-state index in [0.29, 0.717) is 5.46 Å². The Balaban J connectivity index is 2.25. The van der Waals surface area contributed by atoms with Gasteiger partial charge in [0.15, 0.2) is 0 Å². The van der Waals surface area contributed by atoms with Gasteiger partial charge < -0.3 is 10.0 Å². The summed E-state index contributed by atoms with van der Waals surface area (Å²) in [6, 6.07) is 14.2. The van der Waals surface area contributed by atoms with Crippen molar-refractivity contribution in [1.82, 2.24) is 0 Å². The first-order valence-electron chi connectivity index (χ1n) is 7.68. The highest BCUT2D eigenvalue weighted by atomic mass is 16.4. The zero-order valence-electron chi connectivity index (χ0n) is 12.8. The van der Waals surface area contributed by atoms with Crippen molar-refractivity contribution in [3.63, 3.8) is 0 Å². The van der Waals surface area contributed by atoms with Crippen LogP contribution in [0, 0.1) is 6.92 Å². The van der Waals surface area contributed by atoms with Crippen molar-refractivity contribution >= 4 is 12.6 Å². The largest absolute Gasteiger partial charge is 0.489 e. The third kappa shape index (κ3) is 3.96. The molecule has 2 N–H and O–H groups in total. The Labute approximate surface area is 127 Å². The monoisotopic (exact) mass is 282 g/mol. The topological polar surface area (TPSA) is 40.5 Å². The van der Waals surface area contributed by atoms with Gasteiger partial charge in [-0.1, -0.05) is 67.8 Å². The molecule has 2 aromatic rings. The lowest BCUT2D eigenvalue weighted by Gasteiger charge is -2.12. The molecular weight excluding hydrogens is 259 g/mol. The summed E-state index contributed by atoms with van der Waals surface area (Å²) in [4.78, 5) is 0. The molecule has 0 aromatic heterocycles. The fraction of sp³-hybridized carbons (Fsp3) is 0.333. The SMILES string of the molecule is CCCCCc1ccc(-c2cccc(C)c2B(O)O)cc1. The van der Waals surface area contributed by atoms with Crippen molar-refractivity contribution in [3.05, 3.63) is 53.6 Å². The predicted octanol–water partition coefficient (Wildman–Crippen LogP) is 3.07. The zero-order chi connectivity index (χ0) is 15.2. The second-order valence-electron chi connectivity index (χ2n) is 5.56. The van der Waals surface area contributed by atoms with E-state index >= 15 is 0 Å². The minimum Gasteiger partial charge on any atom is -0.423 e. The van der Waals surface area contributed by atoms with Gasteiger partial charge in [-0.05, 0) is 41.9 Å². The highest BCUT2D eigenvalue weighted by Gasteiger charge is 2.19. The van der Waals surface area contributed by atoms with Gasteiger partial charge in [0.25, 0.3) is 0 Å². The van der Waals surface area contributed by atoms with Gasteiger partial charge in [-0.25, -0.2) is 0 Å². The lowest BCUT2D eigenvalue weighted by atomic mass is 9.72. The van der Waals surface area contributed by atoms with E-state index in [4.69, 9.17) is 0 Å². The molecule has 0 fully saturated rings. The molecule has 21 heavy (non-hydrogen) atoms. The summed E-state index contributed by atoms with van der Waals surface area (Å²) in [6.07, 6.45) is 4.83. The van der Waals surface area contributed by atoms with Crippen molar-refractivity contribution in [2.24, 2.45) is 0 Å². The Morgan fingerprint density at radius 1 is 0.952 bits per heavy atom. The molecule has 0 amide bonds. The Morgan fingerprint density at radius 2 is 1.67 bits per heavy atom. The van der Waals surface area contributed by atoms with Gasteiger partial charge in [0.1, 0.15) is 0 Å². The first-order chi connectivity index (χ1) is 10.1. The van der Waals surface area contributed by atoms with Crippen LogP contribution >= 0.6 is 0 Å². The summed E-state index contributed by atoms with van der Waals surface area (Å²) < 4.78 is 0. The lowest BCUT2D eigenvalue weighted by Crippen LogP contribution is -2.33. The molecule has 0 aliphatic rings. The van der Waals surface area contributed by atoms with E-state index < -0.39 is 7.12 Å². The van der Waals surface area contributed by atoms with E-state index in [1.54, 1.807) is 0 Å². The van der Waals surface area contributed by atoms with Crippen LogP contribution < -0.4 is 5.46 Å². The van der Waals surface area contributed by atoms with E-state index in [9.17, 15) is 10.0 Å². The predicted molar refractivity (Wildman–Crippen MR) is 89.7 cm³/mol. The molecule has 110 valence electrons. The molecule has 0 heterocycles. The van der Waals surface area contributed by atoms with Crippen LogP contribution in [-0.2, 0) is 6.42 Å². The minimum absolute atomic E-state index is 0.594. The summed E-state index contributed by atoms with van der Waals surface area (Å²) in [5.74, 6) is 0. The molecule has 0 saturated heterocycles. The fourth-order valence-corrected chi connectivity index (χ4v) is 2.71. The van der Waals surface area contributed by atoms with E-state index in [2.05, 4.69) is 31.2 Å². The van der Waals surface area contributed by atoms with Gasteiger partial charge in [-0.2, -0.15) is 0 Å². The maximum atomic E-state index is 9.60. The molecule has 2 rings (SSSR count). The smallest absolute Gasteiger partial charge is 0.423 e. The Hall–Kier alpha value is -1.58. The average Bonchev–Trinajstić information content (AvgIpc) is 2.47. The highest BCUT2D eigenvalue weighted by molar-refractivity contribution is 6.61. The minimum atomic E-state index is -1.44. The Morgan fingerprint density at radius 3 is 2.29 bits per heavy atom. The standard InChI is InChI=1S/C18H23BO2/c1-3-4-5-8-15-10-12-16(13-11-15)17-9-6-7-14(2)18(17)19(20)21/h6-7,9-13,20-21H,3-5,8H2,1-2H3. The Bertz CT molecular complexity index is 576. The van der Waals surface area contributed by atoms with Gasteiger partial charge in [0.2, 0.25) is 0 Å². The molecule has 2 aromatic carbocycles. The van der Waals surface area contributed by atoms with Crippen LogP contribution in [0.2, 0.25) is 0 Å². The molecule has 0 spiro atoms. The highest BCUT2D eigenvalue weighted by Crippen LogP contribution is 2.20. The summed E-state index contributed by atoms with van der Waals surface area (Å²) in [6.45, 7) is 4.11. The van der Waals surface area contributed by atoms with E-state index in [0.717, 1.165) is 23.1 Å². The normalized spacial score (nSPS) is 10.7. The quantitative estimate of drug-likeness (QED) is 0.631. The van der Waals surface area contributed by atoms with Gasteiger partial charge in [-0.15, -0.1) is 0 Å². The summed E-state index contributed by atoms with van der Waals surface area (Å²) in [7, 11) is -1.44. The van der Waals surface area contributed by atoms with Gasteiger partial charge in [-0.3, -0.25) is 0 Å². The van der Waals surface area contributed by atoms with Crippen molar-refractivity contribution < 1.29 is 10.0 Å². The van der Waals surface area contributed by atoms with Gasteiger partial charge >= 0.3 is 7.12 Å². The van der Waals surface area contributed by atoms with Crippen molar-refractivity contribution in [2.45, 2.75) is 39.5 Å². The van der Waals surface area contributed by atoms with Crippen LogP contribution in [-0.4, -0.2) is 17.2 Å². The van der Waals surface area contributed by atoms with Crippen molar-refractivity contribution in [3.8, 4) is 11.1 Å². The second-order valence-corrected chi connectivity index (χ2v) is 5.56. The summed E-state index contributed by atoms with van der Waals surface area (Å²) >= 11 is 0. The number of rotatable bonds is 6. The number of hydrogen-bond donors (Lipinski definition) is 2. The Kier molecular flexibility index (Phi) is 5.60. The first-order valence-corrected chi connectivity index (χ1v) is 7.68. The molecule has 0 bridgehead atoms. The van der Waals surface area contributed by atoms with Crippen LogP contribution in [0.3, 0.4) is 0 Å². The maximum Gasteiger partial charge on any atom is 0.489 e. The van der Waals surface area contributed by atoms with E-state index in [-0.39, 0.29) is 0 Å². The third-order valence-corrected chi connectivity index (χ3v) is 3.92. The summed E-state index contributed by atoms with van der Waals surface area (Å²) in [5.41, 5.74) is 4.75. The molecule has 3 heteroatoms. The second kappa shape index (κ2) is 7.44.